The van der Waals surface area contributed by atoms with E-state index in [0.29, 0.717) is 35.6 Å². The molecule has 0 aliphatic heterocycles. The topological polar surface area (TPSA) is 39.2 Å². The van der Waals surface area contributed by atoms with Crippen LogP contribution in [-0.4, -0.2) is 36.5 Å². The van der Waals surface area contributed by atoms with Crippen LogP contribution in [0.15, 0.2) is 16.6 Å². The zero-order valence-corrected chi connectivity index (χ0v) is 13.5. The number of nitrogens with zero attached hydrogens (tertiary/aromatic N) is 1. The van der Waals surface area contributed by atoms with Crippen LogP contribution < -0.4 is 0 Å². The van der Waals surface area contributed by atoms with Crippen LogP contribution in [0.1, 0.15) is 6.42 Å². The molecule has 0 aliphatic rings. The summed E-state index contributed by atoms with van der Waals surface area (Å²) in [6.45, 7) is 2.48. The molecule has 1 N–H and O–H groups in total. The van der Waals surface area contributed by atoms with Crippen molar-refractivity contribution in [1.82, 2.24) is 9.55 Å². The maximum Gasteiger partial charge on any atom is 0.178 e. The monoisotopic (exact) mass is 362 g/mol. The van der Waals surface area contributed by atoms with Crippen molar-refractivity contribution in [3.05, 3.63) is 27.2 Å². The van der Waals surface area contributed by atoms with Gasteiger partial charge in [0.05, 0.1) is 28.7 Å². The maximum absolute atomic E-state index is 13.6. The quantitative estimate of drug-likeness (QED) is 0.603. The molecule has 1 aromatic carbocycles. The highest BCUT2D eigenvalue weighted by Gasteiger charge is 2.08. The Balaban J connectivity index is 2.04. The van der Waals surface area contributed by atoms with E-state index in [2.05, 4.69) is 20.9 Å². The van der Waals surface area contributed by atoms with Crippen molar-refractivity contribution >= 4 is 39.2 Å². The van der Waals surface area contributed by atoms with Crippen molar-refractivity contribution in [3.8, 4) is 0 Å². The molecule has 0 atom stereocenters. The molecule has 0 saturated heterocycles. The van der Waals surface area contributed by atoms with E-state index in [1.54, 1.807) is 13.2 Å². The predicted octanol–water partition coefficient (Wildman–Crippen LogP) is 3.65. The summed E-state index contributed by atoms with van der Waals surface area (Å²) in [5.41, 5.74) is 1.59. The molecule has 0 fully saturated rings. The Kier molecular flexibility index (Phi) is 5.71. The van der Waals surface area contributed by atoms with Crippen LogP contribution in [-0.2, 0) is 16.0 Å². The summed E-state index contributed by atoms with van der Waals surface area (Å²) < 4.78 is 26.8. The Morgan fingerprint density at radius 1 is 1.35 bits per heavy atom. The molecule has 0 aliphatic carbocycles. The number of aromatic nitrogens is 2. The van der Waals surface area contributed by atoms with Crippen molar-refractivity contribution in [2.45, 2.75) is 13.0 Å². The number of halogens is 2. The summed E-state index contributed by atoms with van der Waals surface area (Å²) >= 11 is 8.44. The van der Waals surface area contributed by atoms with E-state index in [1.807, 2.05) is 4.57 Å². The highest BCUT2D eigenvalue weighted by molar-refractivity contribution is 9.10. The summed E-state index contributed by atoms with van der Waals surface area (Å²) in [5.74, 6) is -0.295. The number of benzene rings is 1. The van der Waals surface area contributed by atoms with E-state index >= 15 is 0 Å². The number of nitrogens with one attached hydrogen (secondary N) is 1. The molecule has 2 rings (SSSR count). The third kappa shape index (κ3) is 3.66. The molecule has 0 unspecified atom stereocenters. The van der Waals surface area contributed by atoms with E-state index in [1.165, 1.54) is 6.07 Å². The number of hydrogen-bond donors (Lipinski definition) is 1. The van der Waals surface area contributed by atoms with Crippen molar-refractivity contribution in [3.63, 3.8) is 0 Å². The normalized spacial score (nSPS) is 11.3. The van der Waals surface area contributed by atoms with Crippen LogP contribution in [0, 0.1) is 10.6 Å². The maximum atomic E-state index is 13.6. The highest BCUT2D eigenvalue weighted by atomic mass is 79.9. The fourth-order valence-electron chi connectivity index (χ4n) is 1.94. The first-order chi connectivity index (χ1) is 9.63. The average Bonchev–Trinajstić information content (AvgIpc) is 2.70. The fourth-order valence-corrected chi connectivity index (χ4v) is 2.59. The van der Waals surface area contributed by atoms with E-state index in [0.717, 1.165) is 17.5 Å². The van der Waals surface area contributed by atoms with Crippen LogP contribution in [0.4, 0.5) is 4.39 Å². The second kappa shape index (κ2) is 7.31. The van der Waals surface area contributed by atoms with Gasteiger partial charge in [-0.15, -0.1) is 0 Å². The van der Waals surface area contributed by atoms with Crippen LogP contribution in [0.2, 0.25) is 0 Å². The zero-order valence-electron chi connectivity index (χ0n) is 11.1. The third-order valence-electron chi connectivity index (χ3n) is 2.92. The Hall–Kier alpha value is -0.760. The number of methoxy groups -OCH3 is 1. The van der Waals surface area contributed by atoms with Gasteiger partial charge in [0.15, 0.2) is 4.77 Å². The van der Waals surface area contributed by atoms with Crippen LogP contribution >= 0.6 is 28.1 Å². The van der Waals surface area contributed by atoms with Gasteiger partial charge in [-0.2, -0.15) is 0 Å². The van der Waals surface area contributed by atoms with E-state index in [4.69, 9.17) is 21.7 Å². The highest BCUT2D eigenvalue weighted by Crippen LogP contribution is 2.23. The minimum absolute atomic E-state index is 0.295. The number of rotatable bonds is 7. The molecule has 2 aromatic rings. The van der Waals surface area contributed by atoms with E-state index < -0.39 is 0 Å². The number of aryl methyl sites for hydroxylation is 1. The molecule has 0 saturated carbocycles. The first kappa shape index (κ1) is 15.6. The van der Waals surface area contributed by atoms with Crippen molar-refractivity contribution in [2.75, 3.05) is 26.9 Å². The van der Waals surface area contributed by atoms with E-state index in [9.17, 15) is 4.39 Å². The number of ether oxygens (including phenoxy) is 2. The van der Waals surface area contributed by atoms with Gasteiger partial charge in [0.1, 0.15) is 5.82 Å². The zero-order chi connectivity index (χ0) is 14.5. The predicted molar refractivity (Wildman–Crippen MR) is 82.1 cm³/mol. The molecule has 0 bridgehead atoms. The summed E-state index contributed by atoms with van der Waals surface area (Å²) in [6.07, 6.45) is 0.808. The second-order valence-electron chi connectivity index (χ2n) is 4.32. The van der Waals surface area contributed by atoms with Crippen molar-refractivity contribution in [1.29, 1.82) is 0 Å². The van der Waals surface area contributed by atoms with Crippen LogP contribution in [0.25, 0.3) is 11.0 Å². The van der Waals surface area contributed by atoms with Gasteiger partial charge in [0.25, 0.3) is 0 Å². The van der Waals surface area contributed by atoms with Crippen LogP contribution in [0.3, 0.4) is 0 Å². The molecule has 7 heteroatoms. The number of fused-ring (bicyclic) bond motifs is 1. The molecule has 1 heterocycles. The van der Waals surface area contributed by atoms with E-state index in [-0.39, 0.29) is 5.82 Å². The van der Waals surface area contributed by atoms with Gasteiger partial charge in [0, 0.05) is 26.3 Å². The lowest BCUT2D eigenvalue weighted by atomic mass is 10.3. The molecular weight excluding hydrogens is 347 g/mol. The minimum atomic E-state index is -0.295. The molecule has 0 amide bonds. The Bertz CT molecular complexity index is 641. The molecule has 0 radical (unpaired) electrons. The number of hydrogen-bond acceptors (Lipinski definition) is 3. The summed E-state index contributed by atoms with van der Waals surface area (Å²) in [4.78, 5) is 3.08. The summed E-state index contributed by atoms with van der Waals surface area (Å²) in [6, 6.07) is 3.18. The van der Waals surface area contributed by atoms with Gasteiger partial charge in [-0.05, 0) is 40.6 Å². The number of aromatic amines is 1. The summed E-state index contributed by atoms with van der Waals surface area (Å²) in [5, 5.41) is 0. The van der Waals surface area contributed by atoms with Gasteiger partial charge in [-0.3, -0.25) is 0 Å². The molecular formula is C13H16BrFN2O2S. The molecule has 110 valence electrons. The number of H-pyrrole nitrogens is 1. The average molecular weight is 363 g/mol. The third-order valence-corrected chi connectivity index (χ3v) is 3.85. The van der Waals surface area contributed by atoms with Gasteiger partial charge in [0.2, 0.25) is 0 Å². The SMILES string of the molecule is COCCOCCCn1c(=S)[nH]c2cc(Br)c(F)cc21. The second-order valence-corrected chi connectivity index (χ2v) is 5.57. The first-order valence-electron chi connectivity index (χ1n) is 6.27. The van der Waals surface area contributed by atoms with Crippen LogP contribution in [0.5, 0.6) is 0 Å². The molecule has 4 nitrogen and oxygen atoms in total. The smallest absolute Gasteiger partial charge is 0.178 e. The van der Waals surface area contributed by atoms with Gasteiger partial charge < -0.3 is 19.0 Å². The molecule has 20 heavy (non-hydrogen) atoms. The minimum Gasteiger partial charge on any atom is -0.382 e. The Morgan fingerprint density at radius 3 is 2.90 bits per heavy atom. The summed E-state index contributed by atoms with van der Waals surface area (Å²) in [7, 11) is 1.64. The standard InChI is InChI=1S/C13H16BrFN2O2S/c1-18-5-6-19-4-2-3-17-12-8-10(15)9(14)7-11(12)16-13(17)20/h7-8H,2-6H2,1H3,(H,16,20). The first-order valence-corrected chi connectivity index (χ1v) is 7.48. The largest absolute Gasteiger partial charge is 0.382 e. The lowest BCUT2D eigenvalue weighted by Crippen LogP contribution is -2.06. The Labute approximate surface area is 130 Å². The van der Waals surface area contributed by atoms with Crippen molar-refractivity contribution < 1.29 is 13.9 Å². The van der Waals surface area contributed by atoms with Gasteiger partial charge >= 0.3 is 0 Å². The lowest BCUT2D eigenvalue weighted by Gasteiger charge is -2.06. The Morgan fingerprint density at radius 2 is 2.15 bits per heavy atom. The van der Waals surface area contributed by atoms with Gasteiger partial charge in [-0.1, -0.05) is 0 Å². The van der Waals surface area contributed by atoms with Crippen molar-refractivity contribution in [2.24, 2.45) is 0 Å². The van der Waals surface area contributed by atoms with Gasteiger partial charge in [-0.25, -0.2) is 4.39 Å². The molecule has 0 spiro atoms. The number of imidazole rings is 1. The molecule has 1 aromatic heterocycles. The lowest BCUT2D eigenvalue weighted by molar-refractivity contribution is 0.0681. The fraction of sp³-hybridized carbons (Fsp3) is 0.462.